The third kappa shape index (κ3) is 4.28. The van der Waals surface area contributed by atoms with Crippen LogP contribution in [0.15, 0.2) is 72.8 Å². The van der Waals surface area contributed by atoms with Crippen molar-refractivity contribution in [3.8, 4) is 28.4 Å². The summed E-state index contributed by atoms with van der Waals surface area (Å²) in [6.45, 7) is 2.08. The molecule has 2 heterocycles. The lowest BCUT2D eigenvalue weighted by Crippen LogP contribution is -2.34. The van der Waals surface area contributed by atoms with E-state index in [2.05, 4.69) is 6.07 Å². The molecule has 1 fully saturated rings. The van der Waals surface area contributed by atoms with Gasteiger partial charge in [0.2, 0.25) is 0 Å². The standard InChI is InChI=1S/C27H27NO4/c29-27(19-32-24-12-5-4-10-22(24)20-8-2-1-3-9-20)28-15-6-11-23(28)21-13-14-25-26(18-21)31-17-7-16-30-25/h1-5,8-10,12-14,18,23H,6-7,11,15-17,19H2/t23-/m1/s1. The van der Waals surface area contributed by atoms with Gasteiger partial charge in [0.25, 0.3) is 5.91 Å². The number of ether oxygens (including phenoxy) is 3. The molecule has 1 saturated heterocycles. The SMILES string of the molecule is O=C(COc1ccccc1-c1ccccc1)N1CCC[C@@H]1c1ccc2c(c1)OCCCO2. The second-order valence-electron chi connectivity index (χ2n) is 8.15. The molecule has 0 spiro atoms. The van der Waals surface area contributed by atoms with Gasteiger partial charge in [-0.2, -0.15) is 0 Å². The van der Waals surface area contributed by atoms with Crippen LogP contribution in [0.5, 0.6) is 17.2 Å². The van der Waals surface area contributed by atoms with Crippen molar-refractivity contribution in [3.05, 3.63) is 78.4 Å². The van der Waals surface area contributed by atoms with E-state index in [0.29, 0.717) is 13.2 Å². The van der Waals surface area contributed by atoms with Crippen LogP contribution in [0.1, 0.15) is 30.9 Å². The normalized spacial score (nSPS) is 17.6. The minimum absolute atomic E-state index is 0.00229. The van der Waals surface area contributed by atoms with E-state index in [4.69, 9.17) is 14.2 Å². The predicted octanol–water partition coefficient (Wildman–Crippen LogP) is 5.26. The molecule has 2 aliphatic heterocycles. The average molecular weight is 430 g/mol. The molecule has 2 aliphatic rings. The van der Waals surface area contributed by atoms with E-state index in [-0.39, 0.29) is 18.6 Å². The largest absolute Gasteiger partial charge is 0.490 e. The van der Waals surface area contributed by atoms with Gasteiger partial charge in [-0.3, -0.25) is 4.79 Å². The van der Waals surface area contributed by atoms with Crippen molar-refractivity contribution >= 4 is 5.91 Å². The van der Waals surface area contributed by atoms with E-state index in [0.717, 1.165) is 59.7 Å². The number of rotatable bonds is 5. The first-order chi connectivity index (χ1) is 15.8. The van der Waals surface area contributed by atoms with E-state index in [1.54, 1.807) is 0 Å². The van der Waals surface area contributed by atoms with Crippen molar-refractivity contribution in [1.29, 1.82) is 0 Å². The molecule has 32 heavy (non-hydrogen) atoms. The zero-order valence-corrected chi connectivity index (χ0v) is 18.0. The van der Waals surface area contributed by atoms with E-state index in [9.17, 15) is 4.79 Å². The maximum absolute atomic E-state index is 13.1. The Balaban J connectivity index is 1.30. The first kappa shape index (κ1) is 20.4. The first-order valence-electron chi connectivity index (χ1n) is 11.3. The van der Waals surface area contributed by atoms with Crippen LogP contribution < -0.4 is 14.2 Å². The van der Waals surface area contributed by atoms with Gasteiger partial charge in [0.15, 0.2) is 18.1 Å². The Bertz CT molecular complexity index is 1080. The van der Waals surface area contributed by atoms with E-state index in [1.807, 2.05) is 71.6 Å². The number of nitrogens with zero attached hydrogens (tertiary/aromatic N) is 1. The summed E-state index contributed by atoms with van der Waals surface area (Å²) in [6, 6.07) is 24.0. The van der Waals surface area contributed by atoms with Crippen LogP contribution in [0, 0.1) is 0 Å². The molecular formula is C27H27NO4. The van der Waals surface area contributed by atoms with Crippen LogP contribution in [0.25, 0.3) is 11.1 Å². The molecule has 0 saturated carbocycles. The second-order valence-corrected chi connectivity index (χ2v) is 8.15. The summed E-state index contributed by atoms with van der Waals surface area (Å²) >= 11 is 0. The Hall–Kier alpha value is -3.47. The average Bonchev–Trinajstić information content (AvgIpc) is 3.22. The fraction of sp³-hybridized carbons (Fsp3) is 0.296. The van der Waals surface area contributed by atoms with Gasteiger partial charge in [-0.1, -0.05) is 54.6 Å². The van der Waals surface area contributed by atoms with Crippen LogP contribution in [0.3, 0.4) is 0 Å². The summed E-state index contributed by atoms with van der Waals surface area (Å²) in [5.74, 6) is 2.27. The molecule has 0 aliphatic carbocycles. The molecule has 0 radical (unpaired) electrons. The number of hydrogen-bond donors (Lipinski definition) is 0. The van der Waals surface area contributed by atoms with Gasteiger partial charge < -0.3 is 19.1 Å². The molecule has 1 atom stereocenters. The lowest BCUT2D eigenvalue weighted by atomic mass is 10.0. The number of benzene rings is 3. The second kappa shape index (κ2) is 9.35. The highest BCUT2D eigenvalue weighted by Crippen LogP contribution is 2.38. The molecule has 5 nitrogen and oxygen atoms in total. The molecule has 0 unspecified atom stereocenters. The van der Waals surface area contributed by atoms with Crippen molar-refractivity contribution in [3.63, 3.8) is 0 Å². The topological polar surface area (TPSA) is 48.0 Å². The molecule has 0 N–H and O–H groups in total. The Morgan fingerprint density at radius 3 is 2.56 bits per heavy atom. The number of likely N-dealkylation sites (tertiary alicyclic amines) is 1. The summed E-state index contributed by atoms with van der Waals surface area (Å²) in [4.78, 5) is 15.1. The highest BCUT2D eigenvalue weighted by molar-refractivity contribution is 5.79. The van der Waals surface area contributed by atoms with Crippen LogP contribution >= 0.6 is 0 Å². The number of carbonyl (C=O) groups excluding carboxylic acids is 1. The maximum Gasteiger partial charge on any atom is 0.261 e. The predicted molar refractivity (Wildman–Crippen MR) is 123 cm³/mol. The summed E-state index contributed by atoms with van der Waals surface area (Å²) in [6.07, 6.45) is 2.79. The van der Waals surface area contributed by atoms with Crippen molar-refractivity contribution in [1.82, 2.24) is 4.90 Å². The van der Waals surface area contributed by atoms with Crippen molar-refractivity contribution < 1.29 is 19.0 Å². The summed E-state index contributed by atoms with van der Waals surface area (Å²) in [5.41, 5.74) is 3.15. The lowest BCUT2D eigenvalue weighted by molar-refractivity contribution is -0.134. The minimum atomic E-state index is 0.00229. The Labute approximate surface area is 188 Å². The van der Waals surface area contributed by atoms with Gasteiger partial charge in [-0.25, -0.2) is 0 Å². The smallest absolute Gasteiger partial charge is 0.261 e. The van der Waals surface area contributed by atoms with Crippen LogP contribution in [-0.4, -0.2) is 37.2 Å². The summed E-state index contributed by atoms with van der Waals surface area (Å²) < 4.78 is 17.6. The Morgan fingerprint density at radius 1 is 0.906 bits per heavy atom. The molecule has 1 amide bonds. The van der Waals surface area contributed by atoms with E-state index in [1.165, 1.54) is 0 Å². The van der Waals surface area contributed by atoms with Gasteiger partial charge in [-0.15, -0.1) is 0 Å². The Morgan fingerprint density at radius 2 is 1.69 bits per heavy atom. The zero-order chi connectivity index (χ0) is 21.8. The summed E-state index contributed by atoms with van der Waals surface area (Å²) in [7, 11) is 0. The zero-order valence-electron chi connectivity index (χ0n) is 18.0. The highest BCUT2D eigenvalue weighted by Gasteiger charge is 2.31. The fourth-order valence-corrected chi connectivity index (χ4v) is 4.47. The first-order valence-corrected chi connectivity index (χ1v) is 11.3. The van der Waals surface area contributed by atoms with Crippen LogP contribution in [-0.2, 0) is 4.79 Å². The monoisotopic (exact) mass is 429 g/mol. The van der Waals surface area contributed by atoms with Crippen LogP contribution in [0.2, 0.25) is 0 Å². The Kier molecular flexibility index (Phi) is 5.97. The van der Waals surface area contributed by atoms with Gasteiger partial charge in [0.05, 0.1) is 19.3 Å². The highest BCUT2D eigenvalue weighted by atomic mass is 16.5. The van der Waals surface area contributed by atoms with Crippen molar-refractivity contribution in [2.45, 2.75) is 25.3 Å². The molecule has 0 aromatic heterocycles. The van der Waals surface area contributed by atoms with E-state index < -0.39 is 0 Å². The molecule has 3 aromatic rings. The number of amides is 1. The molecule has 5 rings (SSSR count). The maximum atomic E-state index is 13.1. The number of carbonyl (C=O) groups is 1. The quantitative estimate of drug-likeness (QED) is 0.555. The molecular weight excluding hydrogens is 402 g/mol. The molecule has 5 heteroatoms. The molecule has 164 valence electrons. The van der Waals surface area contributed by atoms with Gasteiger partial charge in [0.1, 0.15) is 5.75 Å². The van der Waals surface area contributed by atoms with Gasteiger partial charge >= 0.3 is 0 Å². The van der Waals surface area contributed by atoms with Gasteiger partial charge in [-0.05, 0) is 42.2 Å². The lowest BCUT2D eigenvalue weighted by Gasteiger charge is -2.26. The number of para-hydroxylation sites is 1. The minimum Gasteiger partial charge on any atom is -0.490 e. The number of fused-ring (bicyclic) bond motifs is 1. The van der Waals surface area contributed by atoms with Crippen molar-refractivity contribution in [2.24, 2.45) is 0 Å². The summed E-state index contributed by atoms with van der Waals surface area (Å²) in [5, 5.41) is 0. The fourth-order valence-electron chi connectivity index (χ4n) is 4.47. The van der Waals surface area contributed by atoms with Crippen LogP contribution in [0.4, 0.5) is 0 Å². The third-order valence-electron chi connectivity index (χ3n) is 6.05. The molecule has 3 aromatic carbocycles. The van der Waals surface area contributed by atoms with Crippen molar-refractivity contribution in [2.75, 3.05) is 26.4 Å². The number of hydrogen-bond acceptors (Lipinski definition) is 4. The van der Waals surface area contributed by atoms with E-state index >= 15 is 0 Å². The molecule has 0 bridgehead atoms. The third-order valence-corrected chi connectivity index (χ3v) is 6.05. The van der Waals surface area contributed by atoms with Gasteiger partial charge in [0, 0.05) is 18.5 Å².